The van der Waals surface area contributed by atoms with Gasteiger partial charge in [-0.25, -0.2) is 12.7 Å². The van der Waals surface area contributed by atoms with Gasteiger partial charge in [-0.3, -0.25) is 4.79 Å². The molecule has 1 fully saturated rings. The van der Waals surface area contributed by atoms with Crippen LogP contribution in [0, 0.1) is 17.2 Å². The van der Waals surface area contributed by atoms with Gasteiger partial charge >= 0.3 is 5.97 Å². The molecule has 6 nitrogen and oxygen atoms in total. The van der Waals surface area contributed by atoms with Crippen molar-refractivity contribution < 1.29 is 18.3 Å². The third kappa shape index (κ3) is 3.60. The summed E-state index contributed by atoms with van der Waals surface area (Å²) in [5.41, 5.74) is 0.769. The fourth-order valence-corrected chi connectivity index (χ4v) is 4.08. The van der Waals surface area contributed by atoms with Gasteiger partial charge in [0.1, 0.15) is 0 Å². The monoisotopic (exact) mass is 308 g/mol. The number of sulfonamides is 1. The summed E-state index contributed by atoms with van der Waals surface area (Å²) < 4.78 is 26.1. The second-order valence-electron chi connectivity index (χ2n) is 5.06. The molecule has 0 saturated carbocycles. The van der Waals surface area contributed by atoms with E-state index in [0.29, 0.717) is 30.5 Å². The van der Waals surface area contributed by atoms with Crippen molar-refractivity contribution in [3.8, 4) is 6.07 Å². The predicted molar refractivity (Wildman–Crippen MR) is 75.7 cm³/mol. The molecule has 21 heavy (non-hydrogen) atoms. The molecule has 0 amide bonds. The van der Waals surface area contributed by atoms with E-state index in [1.165, 1.54) is 4.31 Å². The van der Waals surface area contributed by atoms with E-state index >= 15 is 0 Å². The minimum Gasteiger partial charge on any atom is -0.481 e. The molecular weight excluding hydrogens is 292 g/mol. The smallest absolute Gasteiger partial charge is 0.307 e. The van der Waals surface area contributed by atoms with Gasteiger partial charge in [0.2, 0.25) is 10.0 Å². The number of benzene rings is 1. The van der Waals surface area contributed by atoms with Gasteiger partial charge in [-0.15, -0.1) is 0 Å². The first-order chi connectivity index (χ1) is 9.94. The molecule has 112 valence electrons. The Kier molecular flexibility index (Phi) is 4.60. The first kappa shape index (κ1) is 15.5. The van der Waals surface area contributed by atoms with Crippen molar-refractivity contribution in [3.05, 3.63) is 35.4 Å². The molecule has 7 heteroatoms. The summed E-state index contributed by atoms with van der Waals surface area (Å²) in [7, 11) is -3.62. The van der Waals surface area contributed by atoms with Crippen molar-refractivity contribution in [2.24, 2.45) is 5.92 Å². The first-order valence-electron chi connectivity index (χ1n) is 6.62. The highest BCUT2D eigenvalue weighted by Crippen LogP contribution is 2.22. The lowest BCUT2D eigenvalue weighted by Crippen LogP contribution is -2.42. The Bertz CT molecular complexity index is 678. The van der Waals surface area contributed by atoms with E-state index in [9.17, 15) is 13.2 Å². The predicted octanol–water partition coefficient (Wildman–Crippen LogP) is 1.18. The van der Waals surface area contributed by atoms with Crippen LogP contribution in [0.15, 0.2) is 24.3 Å². The number of nitrogens with zero attached hydrogens (tertiary/aromatic N) is 2. The summed E-state index contributed by atoms with van der Waals surface area (Å²) in [4.78, 5) is 11.0. The molecule has 1 aliphatic rings. The highest BCUT2D eigenvalue weighted by atomic mass is 32.2. The summed E-state index contributed by atoms with van der Waals surface area (Å²) >= 11 is 0. The van der Waals surface area contributed by atoms with Gasteiger partial charge in [-0.2, -0.15) is 5.26 Å². The van der Waals surface area contributed by atoms with E-state index in [2.05, 4.69) is 0 Å². The van der Waals surface area contributed by atoms with Crippen LogP contribution in [0.2, 0.25) is 0 Å². The molecule has 0 radical (unpaired) electrons. The Morgan fingerprint density at radius 3 is 2.81 bits per heavy atom. The molecular formula is C14H16N2O4S. The molecule has 0 bridgehead atoms. The number of carbonyl (C=O) groups is 1. The van der Waals surface area contributed by atoms with Gasteiger partial charge in [0.25, 0.3) is 0 Å². The van der Waals surface area contributed by atoms with Crippen LogP contribution in [0.25, 0.3) is 0 Å². The van der Waals surface area contributed by atoms with Crippen molar-refractivity contribution in [1.29, 1.82) is 5.26 Å². The van der Waals surface area contributed by atoms with Crippen LogP contribution in [0.3, 0.4) is 0 Å². The molecule has 1 N–H and O–H groups in total. The lowest BCUT2D eigenvalue weighted by atomic mass is 10.0. The number of carboxylic acid groups (broad SMARTS) is 1. The lowest BCUT2D eigenvalue weighted by molar-refractivity contribution is -0.142. The minimum atomic E-state index is -3.62. The molecule has 1 aromatic carbocycles. The van der Waals surface area contributed by atoms with Crippen LogP contribution >= 0.6 is 0 Å². The maximum atomic E-state index is 12.4. The largest absolute Gasteiger partial charge is 0.481 e. The molecule has 1 unspecified atom stereocenters. The number of piperidine rings is 1. The Morgan fingerprint density at radius 2 is 2.14 bits per heavy atom. The van der Waals surface area contributed by atoms with E-state index in [4.69, 9.17) is 10.4 Å². The SMILES string of the molecule is N#Cc1ccccc1CS(=O)(=O)N1CCCC(C(=O)O)C1. The fourth-order valence-electron chi connectivity index (χ4n) is 2.44. The van der Waals surface area contributed by atoms with Crippen LogP contribution in [0.4, 0.5) is 0 Å². The molecule has 1 aliphatic heterocycles. The number of carboxylic acids is 1. The van der Waals surface area contributed by atoms with Crippen LogP contribution < -0.4 is 0 Å². The van der Waals surface area contributed by atoms with Gasteiger partial charge in [0, 0.05) is 13.1 Å². The molecule has 0 spiro atoms. The van der Waals surface area contributed by atoms with E-state index in [1.54, 1.807) is 24.3 Å². The summed E-state index contributed by atoms with van der Waals surface area (Å²) in [6, 6.07) is 8.51. The third-order valence-corrected chi connectivity index (χ3v) is 5.40. The van der Waals surface area contributed by atoms with Crippen molar-refractivity contribution in [2.45, 2.75) is 18.6 Å². The van der Waals surface area contributed by atoms with Gasteiger partial charge in [-0.05, 0) is 24.5 Å². The maximum absolute atomic E-state index is 12.4. The van der Waals surface area contributed by atoms with Crippen LogP contribution in [-0.4, -0.2) is 36.9 Å². The van der Waals surface area contributed by atoms with Gasteiger partial charge in [0.15, 0.2) is 0 Å². The van der Waals surface area contributed by atoms with Crippen LogP contribution in [-0.2, 0) is 20.6 Å². The second-order valence-corrected chi connectivity index (χ2v) is 7.03. The fraction of sp³-hybridized carbons (Fsp3) is 0.429. The summed E-state index contributed by atoms with van der Waals surface area (Å²) in [6.07, 6.45) is 1.03. The number of aliphatic carboxylic acids is 1. The second kappa shape index (κ2) is 6.24. The van der Waals surface area contributed by atoms with E-state index in [-0.39, 0.29) is 12.3 Å². The number of rotatable bonds is 4. The Labute approximate surface area is 123 Å². The minimum absolute atomic E-state index is 0.00634. The van der Waals surface area contributed by atoms with E-state index in [1.807, 2.05) is 6.07 Å². The van der Waals surface area contributed by atoms with Crippen molar-refractivity contribution in [2.75, 3.05) is 13.1 Å². The Hall–Kier alpha value is -1.91. The normalized spacial score (nSPS) is 19.9. The van der Waals surface area contributed by atoms with Crippen molar-refractivity contribution >= 4 is 16.0 Å². The zero-order valence-corrected chi connectivity index (χ0v) is 12.2. The number of hydrogen-bond donors (Lipinski definition) is 1. The summed E-state index contributed by atoms with van der Waals surface area (Å²) in [5, 5.41) is 18.0. The molecule has 0 aliphatic carbocycles. The van der Waals surface area contributed by atoms with E-state index < -0.39 is 21.9 Å². The van der Waals surface area contributed by atoms with E-state index in [0.717, 1.165) is 0 Å². The molecule has 1 atom stereocenters. The van der Waals surface area contributed by atoms with Crippen LogP contribution in [0.5, 0.6) is 0 Å². The third-order valence-electron chi connectivity index (χ3n) is 3.60. The molecule has 0 aromatic heterocycles. The quantitative estimate of drug-likeness (QED) is 0.900. The molecule has 1 saturated heterocycles. The molecule has 1 aromatic rings. The Morgan fingerprint density at radius 1 is 1.43 bits per heavy atom. The average molecular weight is 308 g/mol. The summed E-state index contributed by atoms with van der Waals surface area (Å²) in [5.74, 6) is -1.89. The highest BCUT2D eigenvalue weighted by Gasteiger charge is 2.32. The topological polar surface area (TPSA) is 98.5 Å². The van der Waals surface area contributed by atoms with Crippen molar-refractivity contribution in [3.63, 3.8) is 0 Å². The van der Waals surface area contributed by atoms with Gasteiger partial charge < -0.3 is 5.11 Å². The van der Waals surface area contributed by atoms with Gasteiger partial charge in [-0.1, -0.05) is 18.2 Å². The van der Waals surface area contributed by atoms with Gasteiger partial charge in [0.05, 0.1) is 23.3 Å². The average Bonchev–Trinajstić information content (AvgIpc) is 2.47. The maximum Gasteiger partial charge on any atom is 0.307 e. The summed E-state index contributed by atoms with van der Waals surface area (Å²) in [6.45, 7) is 0.340. The Balaban J connectivity index is 2.19. The molecule has 1 heterocycles. The highest BCUT2D eigenvalue weighted by molar-refractivity contribution is 7.88. The standard InChI is InChI=1S/C14H16N2O4S/c15-8-11-4-1-2-5-13(11)10-21(19,20)16-7-3-6-12(9-16)14(17)18/h1-2,4-5,12H,3,6-7,9-10H2,(H,17,18). The number of nitriles is 1. The van der Waals surface area contributed by atoms with Crippen LogP contribution in [0.1, 0.15) is 24.0 Å². The van der Waals surface area contributed by atoms with Crippen molar-refractivity contribution in [1.82, 2.24) is 4.31 Å². The first-order valence-corrected chi connectivity index (χ1v) is 8.23. The number of hydrogen-bond acceptors (Lipinski definition) is 4. The zero-order valence-electron chi connectivity index (χ0n) is 11.4. The molecule has 2 rings (SSSR count). The lowest BCUT2D eigenvalue weighted by Gasteiger charge is -2.29. The zero-order chi connectivity index (χ0) is 15.5.